The second kappa shape index (κ2) is 8.41. The highest BCUT2D eigenvalue weighted by Gasteiger charge is 2.35. The van der Waals surface area contributed by atoms with Gasteiger partial charge in [-0.15, -0.1) is 0 Å². The van der Waals surface area contributed by atoms with Gasteiger partial charge >= 0.3 is 0 Å². The minimum atomic E-state index is -3.18. The summed E-state index contributed by atoms with van der Waals surface area (Å²) in [4.78, 5) is 2.93. The zero-order valence-electron chi connectivity index (χ0n) is 17.5. The molecule has 0 unspecified atom stereocenters. The van der Waals surface area contributed by atoms with Gasteiger partial charge in [0.2, 0.25) is 0 Å². The van der Waals surface area contributed by atoms with Gasteiger partial charge in [-0.25, -0.2) is 8.42 Å². The molecule has 1 fully saturated rings. The number of nitriles is 1. The van der Waals surface area contributed by atoms with Gasteiger partial charge in [-0.05, 0) is 74.1 Å². The molecule has 0 aromatic heterocycles. The lowest BCUT2D eigenvalue weighted by Gasteiger charge is -2.35. The highest BCUT2D eigenvalue weighted by atomic mass is 32.2. The SMILES string of the molecule is C[C@@H]1C[C@H](COc2ccc(S(C)(=O)=O)cc2)CN1[C@@H]1CCc2c(C#N)cccc2C1. The third-order valence-electron chi connectivity index (χ3n) is 6.49. The summed E-state index contributed by atoms with van der Waals surface area (Å²) in [5, 5.41) is 9.35. The predicted octanol–water partition coefficient (Wildman–Crippen LogP) is 3.61. The van der Waals surface area contributed by atoms with Gasteiger partial charge in [0.05, 0.1) is 23.1 Å². The normalized spacial score (nSPS) is 24.2. The largest absolute Gasteiger partial charge is 0.493 e. The fourth-order valence-electron chi connectivity index (χ4n) is 4.97. The highest BCUT2D eigenvalue weighted by molar-refractivity contribution is 7.90. The summed E-state index contributed by atoms with van der Waals surface area (Å²) >= 11 is 0. The van der Waals surface area contributed by atoms with Crippen LogP contribution in [0.3, 0.4) is 0 Å². The van der Waals surface area contributed by atoms with Gasteiger partial charge in [0.15, 0.2) is 9.84 Å². The van der Waals surface area contributed by atoms with Crippen molar-refractivity contribution >= 4 is 9.84 Å². The molecule has 2 aromatic carbocycles. The van der Waals surface area contributed by atoms with Gasteiger partial charge in [-0.1, -0.05) is 12.1 Å². The Hall–Kier alpha value is -2.36. The van der Waals surface area contributed by atoms with Crippen LogP contribution in [0.1, 0.15) is 36.5 Å². The molecule has 0 amide bonds. The molecule has 0 N–H and O–H groups in total. The Kier molecular flexibility index (Phi) is 5.86. The lowest BCUT2D eigenvalue weighted by Crippen LogP contribution is -2.41. The molecule has 5 nitrogen and oxygen atoms in total. The molecule has 3 atom stereocenters. The second-order valence-corrected chi connectivity index (χ2v) is 10.7. The summed E-state index contributed by atoms with van der Waals surface area (Å²) in [5.41, 5.74) is 3.39. The van der Waals surface area contributed by atoms with Crippen LogP contribution in [0, 0.1) is 17.2 Å². The van der Waals surface area contributed by atoms with E-state index in [1.165, 1.54) is 17.4 Å². The standard InChI is InChI=1S/C24H28N2O3S/c1-17-12-18(16-29-22-7-9-23(10-8-22)30(2,27)28)15-26(17)21-6-11-24-19(13-21)4-3-5-20(24)14-25/h3-5,7-10,17-18,21H,6,11-13,15-16H2,1-2H3/t17-,18+,21-/m1/s1. The molecule has 6 heteroatoms. The lowest BCUT2D eigenvalue weighted by molar-refractivity contribution is 0.164. The van der Waals surface area contributed by atoms with Crippen LogP contribution in [0.25, 0.3) is 0 Å². The molecule has 1 heterocycles. The van der Waals surface area contributed by atoms with Crippen molar-refractivity contribution in [1.29, 1.82) is 5.26 Å². The third kappa shape index (κ3) is 4.38. The van der Waals surface area contributed by atoms with Crippen LogP contribution in [0.2, 0.25) is 0 Å². The van der Waals surface area contributed by atoms with Crippen LogP contribution < -0.4 is 4.74 Å². The van der Waals surface area contributed by atoms with Gasteiger partial charge in [-0.3, -0.25) is 4.90 Å². The average Bonchev–Trinajstić information content (AvgIpc) is 3.11. The molecule has 1 saturated heterocycles. The summed E-state index contributed by atoms with van der Waals surface area (Å²) in [7, 11) is -3.18. The first-order valence-electron chi connectivity index (χ1n) is 10.5. The summed E-state index contributed by atoms with van der Waals surface area (Å²) in [6.07, 6.45) is 5.39. The van der Waals surface area contributed by atoms with E-state index in [2.05, 4.69) is 24.0 Å². The third-order valence-corrected chi connectivity index (χ3v) is 7.62. The van der Waals surface area contributed by atoms with Crippen molar-refractivity contribution in [3.05, 3.63) is 59.2 Å². The van der Waals surface area contributed by atoms with Gasteiger partial charge in [0, 0.05) is 30.8 Å². The minimum Gasteiger partial charge on any atom is -0.493 e. The van der Waals surface area contributed by atoms with E-state index in [4.69, 9.17) is 4.74 Å². The fraction of sp³-hybridized carbons (Fsp3) is 0.458. The monoisotopic (exact) mass is 424 g/mol. The Balaban J connectivity index is 1.35. The first kappa shape index (κ1) is 20.9. The Morgan fingerprint density at radius 2 is 1.97 bits per heavy atom. The fourth-order valence-corrected chi connectivity index (χ4v) is 5.60. The molecule has 2 aliphatic rings. The smallest absolute Gasteiger partial charge is 0.175 e. The molecular weight excluding hydrogens is 396 g/mol. The number of sulfone groups is 1. The van der Waals surface area contributed by atoms with Crippen LogP contribution in [0.5, 0.6) is 5.75 Å². The van der Waals surface area contributed by atoms with Crippen molar-refractivity contribution in [3.63, 3.8) is 0 Å². The minimum absolute atomic E-state index is 0.313. The number of hydrogen-bond acceptors (Lipinski definition) is 5. The number of fused-ring (bicyclic) bond motifs is 1. The molecular formula is C24H28N2O3S. The summed E-state index contributed by atoms with van der Waals surface area (Å²) in [5.74, 6) is 1.17. The Labute approximate surface area is 179 Å². The molecule has 1 aliphatic heterocycles. The average molecular weight is 425 g/mol. The van der Waals surface area contributed by atoms with Crippen LogP contribution in [-0.4, -0.2) is 44.8 Å². The van der Waals surface area contributed by atoms with E-state index in [9.17, 15) is 13.7 Å². The summed E-state index contributed by atoms with van der Waals surface area (Å²) < 4.78 is 29.1. The van der Waals surface area contributed by atoms with Crippen molar-refractivity contribution in [1.82, 2.24) is 4.90 Å². The second-order valence-electron chi connectivity index (χ2n) is 8.65. The topological polar surface area (TPSA) is 70.4 Å². The number of likely N-dealkylation sites (tertiary alicyclic amines) is 1. The Morgan fingerprint density at radius 3 is 2.67 bits per heavy atom. The molecule has 158 valence electrons. The van der Waals surface area contributed by atoms with Crippen molar-refractivity contribution in [2.24, 2.45) is 5.92 Å². The Morgan fingerprint density at radius 1 is 1.20 bits per heavy atom. The first-order chi connectivity index (χ1) is 14.3. The maximum absolute atomic E-state index is 11.6. The van der Waals surface area contributed by atoms with Crippen LogP contribution in [0.15, 0.2) is 47.4 Å². The number of rotatable bonds is 5. The number of nitrogens with zero attached hydrogens (tertiary/aromatic N) is 2. The molecule has 0 spiro atoms. The van der Waals surface area contributed by atoms with E-state index < -0.39 is 9.84 Å². The Bertz CT molecular complexity index is 1060. The zero-order valence-corrected chi connectivity index (χ0v) is 18.4. The lowest BCUT2D eigenvalue weighted by atomic mass is 9.85. The van der Waals surface area contributed by atoms with E-state index >= 15 is 0 Å². The number of hydrogen-bond donors (Lipinski definition) is 0. The van der Waals surface area contributed by atoms with E-state index in [1.807, 2.05) is 12.1 Å². The summed E-state index contributed by atoms with van der Waals surface area (Å²) in [6, 6.07) is 16.1. The van der Waals surface area contributed by atoms with E-state index in [1.54, 1.807) is 24.3 Å². The van der Waals surface area contributed by atoms with Crippen molar-refractivity contribution in [3.8, 4) is 11.8 Å². The summed E-state index contributed by atoms with van der Waals surface area (Å²) in [6.45, 7) is 3.95. The van der Waals surface area contributed by atoms with E-state index in [-0.39, 0.29) is 0 Å². The van der Waals surface area contributed by atoms with Crippen LogP contribution in [0.4, 0.5) is 0 Å². The predicted molar refractivity (Wildman–Crippen MR) is 116 cm³/mol. The van der Waals surface area contributed by atoms with Gasteiger partial charge in [0.1, 0.15) is 5.75 Å². The highest BCUT2D eigenvalue weighted by Crippen LogP contribution is 2.33. The maximum atomic E-state index is 11.6. The van der Waals surface area contributed by atoms with Crippen LogP contribution >= 0.6 is 0 Å². The van der Waals surface area contributed by atoms with Crippen molar-refractivity contribution < 1.29 is 13.2 Å². The van der Waals surface area contributed by atoms with E-state index in [0.717, 1.165) is 37.8 Å². The van der Waals surface area contributed by atoms with Gasteiger partial charge in [0.25, 0.3) is 0 Å². The number of benzene rings is 2. The molecule has 1 aliphatic carbocycles. The molecule has 0 radical (unpaired) electrons. The first-order valence-corrected chi connectivity index (χ1v) is 12.4. The maximum Gasteiger partial charge on any atom is 0.175 e. The quantitative estimate of drug-likeness (QED) is 0.733. The number of ether oxygens (including phenoxy) is 1. The van der Waals surface area contributed by atoms with Gasteiger partial charge in [-0.2, -0.15) is 5.26 Å². The molecule has 0 bridgehead atoms. The van der Waals surface area contributed by atoms with Crippen LogP contribution in [-0.2, 0) is 22.7 Å². The molecule has 2 aromatic rings. The van der Waals surface area contributed by atoms with E-state index in [0.29, 0.717) is 35.3 Å². The van der Waals surface area contributed by atoms with Crippen molar-refractivity contribution in [2.45, 2.75) is 49.6 Å². The molecule has 4 rings (SSSR count). The van der Waals surface area contributed by atoms with Gasteiger partial charge < -0.3 is 4.74 Å². The zero-order chi connectivity index (χ0) is 21.3. The molecule has 30 heavy (non-hydrogen) atoms. The van der Waals surface area contributed by atoms with Crippen molar-refractivity contribution in [2.75, 3.05) is 19.4 Å². The molecule has 0 saturated carbocycles.